The fraction of sp³-hybridized carbons (Fsp3) is 0.182. The lowest BCUT2D eigenvalue weighted by Crippen LogP contribution is -2.06. The van der Waals surface area contributed by atoms with Crippen LogP contribution in [0.4, 0.5) is 4.39 Å². The van der Waals surface area contributed by atoms with Gasteiger partial charge in [0.05, 0.1) is 0 Å². The van der Waals surface area contributed by atoms with Gasteiger partial charge in [-0.1, -0.05) is 13.0 Å². The molecule has 2 rings (SSSR count). The predicted molar refractivity (Wildman–Crippen MR) is 65.4 cm³/mol. The lowest BCUT2D eigenvalue weighted by atomic mass is 10.3. The maximum atomic E-state index is 13.8. The van der Waals surface area contributed by atoms with E-state index in [0.29, 0.717) is 16.7 Å². The number of aryl methyl sites for hydroxylation is 1. The Morgan fingerprint density at radius 3 is 2.83 bits per heavy atom. The normalized spacial score (nSPS) is 10.6. The second-order valence-corrected chi connectivity index (χ2v) is 4.35. The van der Waals surface area contributed by atoms with E-state index in [1.165, 1.54) is 10.7 Å². The van der Waals surface area contributed by atoms with Crippen LogP contribution in [0.1, 0.15) is 23.4 Å². The smallest absolute Gasteiger partial charge is 0.375 e. The van der Waals surface area contributed by atoms with E-state index < -0.39 is 11.8 Å². The summed E-state index contributed by atoms with van der Waals surface area (Å²) in [5.41, 5.74) is 0.161. The molecule has 2 aromatic rings. The van der Waals surface area contributed by atoms with E-state index in [9.17, 15) is 9.18 Å². The molecule has 1 N–H and O–H groups in total. The SMILES string of the molecule is CCc1nc(C(=O)O)nn1-c1c(F)cccc1Br. The van der Waals surface area contributed by atoms with Crippen LogP contribution >= 0.6 is 15.9 Å². The van der Waals surface area contributed by atoms with Crippen molar-refractivity contribution in [2.75, 3.05) is 0 Å². The lowest BCUT2D eigenvalue weighted by Gasteiger charge is -2.07. The topological polar surface area (TPSA) is 68.0 Å². The summed E-state index contributed by atoms with van der Waals surface area (Å²) in [5.74, 6) is -1.70. The molecule has 0 aliphatic carbocycles. The third-order valence-electron chi connectivity index (χ3n) is 2.33. The van der Waals surface area contributed by atoms with Gasteiger partial charge in [0.25, 0.3) is 5.82 Å². The van der Waals surface area contributed by atoms with Gasteiger partial charge >= 0.3 is 5.97 Å². The Labute approximate surface area is 110 Å². The van der Waals surface area contributed by atoms with Gasteiger partial charge in [0.2, 0.25) is 0 Å². The number of para-hydroxylation sites is 1. The molecular weight excluding hydrogens is 305 g/mol. The van der Waals surface area contributed by atoms with Gasteiger partial charge in [-0.2, -0.15) is 0 Å². The molecule has 18 heavy (non-hydrogen) atoms. The molecule has 0 unspecified atom stereocenters. The highest BCUT2D eigenvalue weighted by atomic mass is 79.9. The van der Waals surface area contributed by atoms with E-state index in [2.05, 4.69) is 26.0 Å². The first-order chi connectivity index (χ1) is 8.54. The van der Waals surface area contributed by atoms with Crippen molar-refractivity contribution in [1.82, 2.24) is 14.8 Å². The summed E-state index contributed by atoms with van der Waals surface area (Å²) in [4.78, 5) is 14.7. The quantitative estimate of drug-likeness (QED) is 0.945. The summed E-state index contributed by atoms with van der Waals surface area (Å²) in [6, 6.07) is 4.48. The van der Waals surface area contributed by atoms with Crippen LogP contribution in [0.3, 0.4) is 0 Å². The Hall–Kier alpha value is -1.76. The van der Waals surface area contributed by atoms with Gasteiger partial charge in [-0.15, -0.1) is 5.10 Å². The van der Waals surface area contributed by atoms with Crippen molar-refractivity contribution in [2.45, 2.75) is 13.3 Å². The minimum Gasteiger partial charge on any atom is -0.475 e. The van der Waals surface area contributed by atoms with Gasteiger partial charge in [-0.25, -0.2) is 18.9 Å². The minimum absolute atomic E-state index is 0.161. The molecule has 1 aromatic heterocycles. The van der Waals surface area contributed by atoms with Gasteiger partial charge < -0.3 is 5.11 Å². The summed E-state index contributed by atoms with van der Waals surface area (Å²) >= 11 is 3.22. The molecule has 0 saturated heterocycles. The van der Waals surface area contributed by atoms with Crippen molar-refractivity contribution in [1.29, 1.82) is 0 Å². The van der Waals surface area contributed by atoms with Crippen LogP contribution in [-0.2, 0) is 6.42 Å². The summed E-state index contributed by atoms with van der Waals surface area (Å²) in [5, 5.41) is 12.7. The number of hydrogen-bond acceptors (Lipinski definition) is 3. The highest BCUT2D eigenvalue weighted by Crippen LogP contribution is 2.24. The van der Waals surface area contributed by atoms with Crippen molar-refractivity contribution in [3.8, 4) is 5.69 Å². The Morgan fingerprint density at radius 1 is 1.56 bits per heavy atom. The number of aromatic nitrogens is 3. The lowest BCUT2D eigenvalue weighted by molar-refractivity contribution is 0.0683. The second-order valence-electron chi connectivity index (χ2n) is 3.49. The molecule has 0 saturated carbocycles. The maximum Gasteiger partial charge on any atom is 0.375 e. The number of rotatable bonds is 3. The van der Waals surface area contributed by atoms with E-state index in [0.717, 1.165) is 0 Å². The minimum atomic E-state index is -1.24. The monoisotopic (exact) mass is 313 g/mol. The molecular formula is C11H9BrFN3O2. The zero-order chi connectivity index (χ0) is 13.3. The number of aromatic carboxylic acids is 1. The third kappa shape index (κ3) is 2.13. The van der Waals surface area contributed by atoms with Gasteiger partial charge in [-0.3, -0.25) is 0 Å². The van der Waals surface area contributed by atoms with Gasteiger partial charge in [0.1, 0.15) is 17.3 Å². The number of nitrogens with zero attached hydrogens (tertiary/aromatic N) is 3. The first-order valence-corrected chi connectivity index (χ1v) is 5.97. The molecule has 7 heteroatoms. The van der Waals surface area contributed by atoms with Crippen molar-refractivity contribution in [3.63, 3.8) is 0 Å². The van der Waals surface area contributed by atoms with Crippen LogP contribution in [-0.4, -0.2) is 25.8 Å². The molecule has 1 heterocycles. The average molecular weight is 314 g/mol. The number of halogens is 2. The highest BCUT2D eigenvalue weighted by Gasteiger charge is 2.19. The van der Waals surface area contributed by atoms with Crippen LogP contribution < -0.4 is 0 Å². The molecule has 5 nitrogen and oxygen atoms in total. The van der Waals surface area contributed by atoms with Gasteiger partial charge in [0, 0.05) is 10.9 Å². The van der Waals surface area contributed by atoms with E-state index in [4.69, 9.17) is 5.11 Å². The first-order valence-electron chi connectivity index (χ1n) is 5.18. The molecule has 1 aromatic carbocycles. The number of carbonyl (C=O) groups is 1. The molecule has 0 radical (unpaired) electrons. The summed E-state index contributed by atoms with van der Waals surface area (Å²) in [6.07, 6.45) is 0.445. The van der Waals surface area contributed by atoms with Gasteiger partial charge in [-0.05, 0) is 28.1 Å². The predicted octanol–water partition coefficient (Wildman–Crippen LogP) is 2.43. The van der Waals surface area contributed by atoms with E-state index >= 15 is 0 Å². The molecule has 0 amide bonds. The molecule has 0 aliphatic heterocycles. The van der Waals surface area contributed by atoms with Crippen molar-refractivity contribution < 1.29 is 14.3 Å². The maximum absolute atomic E-state index is 13.8. The fourth-order valence-electron chi connectivity index (χ4n) is 1.53. The molecule has 94 valence electrons. The van der Waals surface area contributed by atoms with Crippen LogP contribution in [0.2, 0.25) is 0 Å². The molecule has 0 bridgehead atoms. The average Bonchev–Trinajstić information content (AvgIpc) is 2.73. The largest absolute Gasteiger partial charge is 0.475 e. The van der Waals surface area contributed by atoms with Crippen molar-refractivity contribution in [3.05, 3.63) is 40.1 Å². The summed E-state index contributed by atoms with van der Waals surface area (Å²) in [7, 11) is 0. The second kappa shape index (κ2) is 4.85. The van der Waals surface area contributed by atoms with E-state index in [-0.39, 0.29) is 11.5 Å². The van der Waals surface area contributed by atoms with Gasteiger partial charge in [0.15, 0.2) is 0 Å². The fourth-order valence-corrected chi connectivity index (χ4v) is 2.04. The van der Waals surface area contributed by atoms with Crippen LogP contribution in [0.25, 0.3) is 5.69 Å². The van der Waals surface area contributed by atoms with Crippen LogP contribution in [0, 0.1) is 5.82 Å². The van der Waals surface area contributed by atoms with Crippen molar-refractivity contribution >= 4 is 21.9 Å². The summed E-state index contributed by atoms with van der Waals surface area (Å²) < 4.78 is 15.5. The standard InChI is InChI=1S/C11H9BrFN3O2/c1-2-8-14-10(11(17)18)15-16(8)9-6(12)4-3-5-7(9)13/h3-5H,2H2,1H3,(H,17,18). The number of benzene rings is 1. The van der Waals surface area contributed by atoms with Crippen molar-refractivity contribution in [2.24, 2.45) is 0 Å². The molecule has 0 fully saturated rings. The first kappa shape index (κ1) is 12.7. The Bertz CT molecular complexity index is 592. The van der Waals surface area contributed by atoms with E-state index in [1.807, 2.05) is 0 Å². The Balaban J connectivity index is 2.66. The number of hydrogen-bond donors (Lipinski definition) is 1. The Morgan fingerprint density at radius 2 is 2.28 bits per heavy atom. The number of carboxylic acid groups (broad SMARTS) is 1. The number of carboxylic acids is 1. The zero-order valence-corrected chi connectivity index (χ0v) is 11.0. The third-order valence-corrected chi connectivity index (χ3v) is 2.97. The summed E-state index contributed by atoms with van der Waals surface area (Å²) in [6.45, 7) is 1.79. The van der Waals surface area contributed by atoms with Crippen LogP contribution in [0.15, 0.2) is 22.7 Å². The van der Waals surface area contributed by atoms with Crippen LogP contribution in [0.5, 0.6) is 0 Å². The highest BCUT2D eigenvalue weighted by molar-refractivity contribution is 9.10. The van der Waals surface area contributed by atoms with E-state index in [1.54, 1.807) is 19.1 Å². The molecule has 0 spiro atoms. The Kier molecular flexibility index (Phi) is 3.42. The zero-order valence-electron chi connectivity index (χ0n) is 9.39. The molecule has 0 aliphatic rings. The molecule has 0 atom stereocenters.